The molecule has 1 heterocycles. The van der Waals surface area contributed by atoms with Gasteiger partial charge in [0, 0.05) is 6.54 Å². The van der Waals surface area contributed by atoms with Crippen molar-refractivity contribution in [3.05, 3.63) is 30.1 Å². The normalized spacial score (nSPS) is 13.4. The number of benzene rings is 1. The number of thiol groups is 1. The Morgan fingerprint density at radius 2 is 2.12 bits per heavy atom. The Labute approximate surface area is 106 Å². The van der Waals surface area contributed by atoms with E-state index in [4.69, 9.17) is 11.6 Å². The summed E-state index contributed by atoms with van der Waals surface area (Å²) in [7, 11) is -2.43. The molecule has 0 amide bonds. The topological polar surface area (TPSA) is 52.0 Å². The maximum absolute atomic E-state index is 10.9. The highest BCUT2D eigenvalue weighted by molar-refractivity contribution is 7.73. The molecule has 2 rings (SSSR count). The van der Waals surface area contributed by atoms with Crippen molar-refractivity contribution in [1.29, 1.82) is 0 Å². The Bertz CT molecular complexity index is 599. The maximum Gasteiger partial charge on any atom is 0.144 e. The van der Waals surface area contributed by atoms with Crippen molar-refractivity contribution in [3.63, 3.8) is 0 Å². The lowest BCUT2D eigenvalue weighted by Crippen LogP contribution is -2.15. The van der Waals surface area contributed by atoms with Gasteiger partial charge in [-0.25, -0.2) is 13.4 Å². The summed E-state index contributed by atoms with van der Waals surface area (Å²) in [6.45, 7) is 2.07. The van der Waals surface area contributed by atoms with Gasteiger partial charge in [-0.3, -0.25) is 0 Å². The Hall–Kier alpha value is -1.07. The first-order valence-corrected chi connectivity index (χ1v) is 7.05. The first-order valence-electron chi connectivity index (χ1n) is 5.27. The molecule has 17 heavy (non-hydrogen) atoms. The van der Waals surface area contributed by atoms with Crippen LogP contribution in [0.15, 0.2) is 24.3 Å². The van der Waals surface area contributed by atoms with Gasteiger partial charge in [-0.1, -0.05) is 12.1 Å². The van der Waals surface area contributed by atoms with Crippen LogP contribution in [0.3, 0.4) is 0 Å². The number of imidazole rings is 1. The van der Waals surface area contributed by atoms with Gasteiger partial charge in [0.25, 0.3) is 0 Å². The lowest BCUT2D eigenvalue weighted by Gasteiger charge is -2.09. The Morgan fingerprint density at radius 1 is 1.41 bits per heavy atom. The highest BCUT2D eigenvalue weighted by atomic mass is 35.5. The SMILES string of the molecule is CC(Cn1c(CCl)nc2ccccc21)[SH](=O)=O. The number of nitrogens with zero attached hydrogens (tertiary/aromatic N) is 2. The van der Waals surface area contributed by atoms with E-state index >= 15 is 0 Å². The molecule has 1 aromatic heterocycles. The standard InChI is InChI=1S/C11H13ClN2O2S/c1-8(17(15)16)7-14-10-5-3-2-4-9(10)13-11(14)6-12/h2-5,8,17H,6-7H2,1H3. The van der Waals surface area contributed by atoms with Crippen molar-refractivity contribution < 1.29 is 8.42 Å². The number of para-hydroxylation sites is 2. The zero-order chi connectivity index (χ0) is 12.4. The van der Waals surface area contributed by atoms with Crippen LogP contribution in [-0.4, -0.2) is 23.2 Å². The summed E-state index contributed by atoms with van der Waals surface area (Å²) in [6, 6.07) is 7.61. The highest BCUT2D eigenvalue weighted by Crippen LogP contribution is 2.18. The second kappa shape index (κ2) is 5.06. The number of hydrogen-bond acceptors (Lipinski definition) is 3. The second-order valence-electron chi connectivity index (χ2n) is 3.90. The number of rotatable bonds is 4. The number of halogens is 1. The summed E-state index contributed by atoms with van der Waals surface area (Å²) >= 11 is 5.83. The van der Waals surface area contributed by atoms with Gasteiger partial charge in [-0.05, 0) is 19.1 Å². The lowest BCUT2D eigenvalue weighted by molar-refractivity contribution is 0.584. The molecule has 0 saturated heterocycles. The van der Waals surface area contributed by atoms with Gasteiger partial charge in [0.15, 0.2) is 0 Å². The molecule has 1 unspecified atom stereocenters. The summed E-state index contributed by atoms with van der Waals surface area (Å²) in [5, 5.41) is -0.426. The first kappa shape index (κ1) is 12.4. The van der Waals surface area contributed by atoms with Gasteiger partial charge >= 0.3 is 0 Å². The minimum atomic E-state index is -2.43. The molecule has 92 valence electrons. The Balaban J connectivity index is 2.50. The van der Waals surface area contributed by atoms with E-state index in [2.05, 4.69) is 4.98 Å². The van der Waals surface area contributed by atoms with Gasteiger partial charge in [0.1, 0.15) is 16.5 Å². The molecule has 0 bridgehead atoms. The van der Waals surface area contributed by atoms with Gasteiger partial charge in [0.05, 0.1) is 22.2 Å². The van der Waals surface area contributed by atoms with Crippen molar-refractivity contribution in [2.45, 2.75) is 24.6 Å². The van der Waals surface area contributed by atoms with Gasteiger partial charge in [-0.15, -0.1) is 11.6 Å². The van der Waals surface area contributed by atoms with Crippen molar-refractivity contribution in [3.8, 4) is 0 Å². The van der Waals surface area contributed by atoms with Crippen LogP contribution in [0.5, 0.6) is 0 Å². The van der Waals surface area contributed by atoms with Gasteiger partial charge < -0.3 is 4.57 Å². The van der Waals surface area contributed by atoms with Crippen molar-refractivity contribution in [2.75, 3.05) is 0 Å². The molecule has 0 fully saturated rings. The minimum absolute atomic E-state index is 0.275. The summed E-state index contributed by atoms with van der Waals surface area (Å²) in [6.07, 6.45) is 0. The number of hydrogen-bond donors (Lipinski definition) is 1. The van der Waals surface area contributed by atoms with Crippen LogP contribution in [0.25, 0.3) is 11.0 Å². The highest BCUT2D eigenvalue weighted by Gasteiger charge is 2.13. The molecule has 0 radical (unpaired) electrons. The van der Waals surface area contributed by atoms with Crippen molar-refractivity contribution in [2.24, 2.45) is 0 Å². The van der Waals surface area contributed by atoms with E-state index in [1.54, 1.807) is 6.92 Å². The molecule has 0 aliphatic heterocycles. The van der Waals surface area contributed by atoms with E-state index in [0.717, 1.165) is 11.0 Å². The summed E-state index contributed by atoms with van der Waals surface area (Å²) in [4.78, 5) is 4.38. The van der Waals surface area contributed by atoms with Gasteiger partial charge in [-0.2, -0.15) is 0 Å². The third-order valence-corrected chi connectivity index (χ3v) is 3.78. The van der Waals surface area contributed by atoms with E-state index in [9.17, 15) is 8.42 Å². The molecule has 0 saturated carbocycles. The fraction of sp³-hybridized carbons (Fsp3) is 0.364. The van der Waals surface area contributed by atoms with Crippen LogP contribution in [0.4, 0.5) is 0 Å². The smallest absolute Gasteiger partial charge is 0.144 e. The van der Waals surface area contributed by atoms with E-state index in [-0.39, 0.29) is 5.88 Å². The first-order chi connectivity index (χ1) is 8.13. The molecular weight excluding hydrogens is 260 g/mol. The zero-order valence-electron chi connectivity index (χ0n) is 9.34. The molecule has 0 aliphatic carbocycles. The average Bonchev–Trinajstić information content (AvgIpc) is 2.67. The van der Waals surface area contributed by atoms with Crippen molar-refractivity contribution >= 4 is 33.3 Å². The van der Waals surface area contributed by atoms with Crippen LogP contribution in [0.1, 0.15) is 12.7 Å². The predicted molar refractivity (Wildman–Crippen MR) is 69.1 cm³/mol. The number of fused-ring (bicyclic) bond motifs is 1. The molecule has 4 nitrogen and oxygen atoms in total. The van der Waals surface area contributed by atoms with Crippen LogP contribution in [0.2, 0.25) is 0 Å². The Morgan fingerprint density at radius 3 is 2.76 bits per heavy atom. The monoisotopic (exact) mass is 272 g/mol. The van der Waals surface area contributed by atoms with Crippen LogP contribution < -0.4 is 0 Å². The fourth-order valence-corrected chi connectivity index (χ4v) is 2.26. The molecule has 0 aliphatic rings. The molecule has 2 aromatic rings. The zero-order valence-corrected chi connectivity index (χ0v) is 11.0. The van der Waals surface area contributed by atoms with Crippen LogP contribution in [0, 0.1) is 0 Å². The maximum atomic E-state index is 10.9. The minimum Gasteiger partial charge on any atom is -0.326 e. The van der Waals surface area contributed by atoms with E-state index in [1.165, 1.54) is 0 Å². The summed E-state index contributed by atoms with van der Waals surface area (Å²) < 4.78 is 23.7. The average molecular weight is 273 g/mol. The van der Waals surface area contributed by atoms with Crippen molar-refractivity contribution in [1.82, 2.24) is 9.55 Å². The fourth-order valence-electron chi connectivity index (χ4n) is 1.76. The number of alkyl halides is 1. The predicted octanol–water partition coefficient (Wildman–Crippen LogP) is 1.77. The van der Waals surface area contributed by atoms with Crippen LogP contribution >= 0.6 is 11.6 Å². The van der Waals surface area contributed by atoms with E-state index in [1.807, 2.05) is 28.8 Å². The van der Waals surface area contributed by atoms with E-state index in [0.29, 0.717) is 12.4 Å². The second-order valence-corrected chi connectivity index (χ2v) is 5.61. The molecule has 0 N–H and O–H groups in total. The third-order valence-electron chi connectivity index (χ3n) is 2.66. The van der Waals surface area contributed by atoms with Gasteiger partial charge in [0.2, 0.25) is 0 Å². The number of aromatic nitrogens is 2. The molecule has 6 heteroatoms. The summed E-state index contributed by atoms with van der Waals surface area (Å²) in [5.41, 5.74) is 1.77. The lowest BCUT2D eigenvalue weighted by atomic mass is 10.3. The molecule has 0 spiro atoms. The molecular formula is C11H13ClN2O2S. The molecule has 1 atom stereocenters. The summed E-state index contributed by atoms with van der Waals surface area (Å²) in [5.74, 6) is 0.980. The third kappa shape index (κ3) is 2.45. The molecule has 1 aromatic carbocycles. The van der Waals surface area contributed by atoms with E-state index < -0.39 is 16.0 Å². The largest absolute Gasteiger partial charge is 0.326 e. The van der Waals surface area contributed by atoms with Crippen LogP contribution in [-0.2, 0) is 23.1 Å². The Kier molecular flexibility index (Phi) is 3.69. The quantitative estimate of drug-likeness (QED) is 0.682.